The number of aromatic nitrogens is 3. The van der Waals surface area contributed by atoms with E-state index in [1.54, 1.807) is 6.20 Å². The number of alkyl halides is 3. The molecule has 0 atom stereocenters. The van der Waals surface area contributed by atoms with Gasteiger partial charge in [-0.3, -0.25) is 4.79 Å². The van der Waals surface area contributed by atoms with Gasteiger partial charge in [-0.1, -0.05) is 0 Å². The first-order valence-electron chi connectivity index (χ1n) is 13.3. The zero-order chi connectivity index (χ0) is 28.1. The largest absolute Gasteiger partial charge is 0.416 e. The van der Waals surface area contributed by atoms with E-state index in [2.05, 4.69) is 19.9 Å². The van der Waals surface area contributed by atoms with Gasteiger partial charge >= 0.3 is 16.4 Å². The van der Waals surface area contributed by atoms with Crippen molar-refractivity contribution in [3.63, 3.8) is 0 Å². The Balaban J connectivity index is 1.00. The Bertz CT molecular complexity index is 1490. The molecule has 10 nitrogen and oxygen atoms in total. The number of benzene rings is 1. The van der Waals surface area contributed by atoms with Gasteiger partial charge in [0, 0.05) is 30.9 Å². The minimum absolute atomic E-state index is 0.0789. The monoisotopic (exact) mass is 578 g/mol. The minimum atomic E-state index is -4.42. The molecule has 3 aliphatic rings. The van der Waals surface area contributed by atoms with Crippen LogP contribution in [0.3, 0.4) is 0 Å². The molecule has 3 fully saturated rings. The first-order valence-corrected chi connectivity index (χ1v) is 14.8. The Morgan fingerprint density at radius 1 is 0.975 bits per heavy atom. The number of halogens is 3. The number of rotatable bonds is 5. The topological polar surface area (TPSA) is 121 Å². The Morgan fingerprint density at radius 3 is 2.33 bits per heavy atom. The minimum Gasteiger partial charge on any atom is -0.375 e. The number of imidazole rings is 1. The van der Waals surface area contributed by atoms with Gasteiger partial charge in [-0.05, 0) is 68.9 Å². The molecule has 0 spiro atoms. The molecule has 0 bridgehead atoms. The summed E-state index contributed by atoms with van der Waals surface area (Å²) in [6.07, 6.45) is 1.98. The van der Waals surface area contributed by atoms with Gasteiger partial charge in [0.1, 0.15) is 11.6 Å². The lowest BCUT2D eigenvalue weighted by Crippen LogP contribution is -2.43. The molecule has 1 aromatic carbocycles. The van der Waals surface area contributed by atoms with Crippen molar-refractivity contribution in [2.45, 2.75) is 63.0 Å². The van der Waals surface area contributed by atoms with Crippen molar-refractivity contribution in [3.05, 3.63) is 42.1 Å². The molecule has 214 valence electrons. The lowest BCUT2D eigenvalue weighted by Gasteiger charge is -2.37. The van der Waals surface area contributed by atoms with Crippen LogP contribution in [0.5, 0.6) is 0 Å². The number of anilines is 1. The summed E-state index contributed by atoms with van der Waals surface area (Å²) in [5, 5.41) is 0. The van der Waals surface area contributed by atoms with Gasteiger partial charge in [-0.25, -0.2) is 14.7 Å². The summed E-state index contributed by atoms with van der Waals surface area (Å²) >= 11 is 0. The van der Waals surface area contributed by atoms with Crippen LogP contribution >= 0.6 is 0 Å². The first kappa shape index (κ1) is 27.0. The summed E-state index contributed by atoms with van der Waals surface area (Å²) < 4.78 is 72.9. The maximum atomic E-state index is 13.0. The van der Waals surface area contributed by atoms with Crippen LogP contribution in [0.25, 0.3) is 22.4 Å². The molecule has 0 radical (unpaired) electrons. The number of H-pyrrole nitrogens is 1. The number of nitrogens with one attached hydrogen (secondary N) is 2. The van der Waals surface area contributed by atoms with E-state index in [0.717, 1.165) is 56.7 Å². The Labute approximate surface area is 229 Å². The highest BCUT2D eigenvalue weighted by Gasteiger charge is 2.40. The second-order valence-corrected chi connectivity index (χ2v) is 12.2. The van der Waals surface area contributed by atoms with Crippen molar-refractivity contribution in [2.24, 2.45) is 0 Å². The number of ether oxygens (including phenoxy) is 1. The quantitative estimate of drug-likeness (QED) is 0.475. The Kier molecular flexibility index (Phi) is 6.95. The number of hydrogen-bond acceptors (Lipinski definition) is 7. The Hall–Kier alpha value is -3.23. The molecule has 6 rings (SSSR count). The summed E-state index contributed by atoms with van der Waals surface area (Å²) in [6.45, 7) is 1.45. The third-order valence-corrected chi connectivity index (χ3v) is 9.41. The smallest absolute Gasteiger partial charge is 0.375 e. The van der Waals surface area contributed by atoms with Crippen LogP contribution in [-0.2, 0) is 25.9 Å². The van der Waals surface area contributed by atoms with E-state index in [-0.39, 0.29) is 24.8 Å². The summed E-state index contributed by atoms with van der Waals surface area (Å²) in [5.41, 5.74) is 0.731. The fourth-order valence-electron chi connectivity index (χ4n) is 5.78. The summed E-state index contributed by atoms with van der Waals surface area (Å²) in [4.78, 5) is 25.6. The van der Waals surface area contributed by atoms with Crippen molar-refractivity contribution < 1.29 is 31.1 Å². The van der Waals surface area contributed by atoms with E-state index in [1.165, 1.54) is 10.4 Å². The van der Waals surface area contributed by atoms with Crippen molar-refractivity contribution >= 4 is 33.0 Å². The molecule has 3 aromatic rings. The average Bonchev–Trinajstić information content (AvgIpc) is 3.48. The van der Waals surface area contributed by atoms with Gasteiger partial charge in [-0.2, -0.15) is 25.9 Å². The van der Waals surface area contributed by atoms with Crippen LogP contribution in [0, 0.1) is 0 Å². The zero-order valence-corrected chi connectivity index (χ0v) is 22.3. The third-order valence-electron chi connectivity index (χ3n) is 7.88. The van der Waals surface area contributed by atoms with Crippen molar-refractivity contribution in [1.29, 1.82) is 0 Å². The van der Waals surface area contributed by atoms with Crippen LogP contribution in [0.15, 0.2) is 36.5 Å². The van der Waals surface area contributed by atoms with E-state index in [4.69, 9.17) is 4.74 Å². The third kappa shape index (κ3) is 5.52. The predicted molar refractivity (Wildman–Crippen MR) is 140 cm³/mol. The number of nitrogens with zero attached hydrogens (tertiary/aromatic N) is 4. The number of amides is 1. The molecule has 2 saturated heterocycles. The van der Waals surface area contributed by atoms with Crippen LogP contribution in [0.1, 0.15) is 44.1 Å². The van der Waals surface area contributed by atoms with E-state index in [0.29, 0.717) is 35.3 Å². The number of pyridine rings is 1. The molecule has 14 heteroatoms. The van der Waals surface area contributed by atoms with Crippen molar-refractivity contribution in [3.8, 4) is 11.4 Å². The number of carbonyl (C=O) groups is 1. The summed E-state index contributed by atoms with van der Waals surface area (Å²) in [7, 11) is -3.71. The normalized spacial score (nSPS) is 24.5. The Morgan fingerprint density at radius 2 is 1.70 bits per heavy atom. The number of fused-ring (bicyclic) bond motifs is 1. The lowest BCUT2D eigenvalue weighted by atomic mass is 9.92. The number of carbonyl (C=O) groups excluding carboxylic acids is 1. The second kappa shape index (κ2) is 10.3. The molecular weight excluding hydrogens is 549 g/mol. The highest BCUT2D eigenvalue weighted by molar-refractivity contribution is 7.88. The molecular formula is C26H29F3N6O4S. The average molecular weight is 579 g/mol. The molecule has 2 N–H and O–H groups in total. The maximum absolute atomic E-state index is 13.0. The van der Waals surface area contributed by atoms with Crippen molar-refractivity contribution in [1.82, 2.24) is 24.0 Å². The number of hydrogen-bond donors (Lipinski definition) is 2. The van der Waals surface area contributed by atoms with Crippen LogP contribution in [-0.4, -0.2) is 71.5 Å². The van der Waals surface area contributed by atoms with Gasteiger partial charge in [0.2, 0.25) is 5.91 Å². The molecule has 1 saturated carbocycles. The predicted octanol–water partition coefficient (Wildman–Crippen LogP) is 3.62. The van der Waals surface area contributed by atoms with E-state index < -0.39 is 27.9 Å². The van der Waals surface area contributed by atoms with Gasteiger partial charge in [0.25, 0.3) is 0 Å². The molecule has 2 aromatic heterocycles. The van der Waals surface area contributed by atoms with Crippen molar-refractivity contribution in [2.75, 3.05) is 24.5 Å². The van der Waals surface area contributed by atoms with E-state index in [1.807, 2.05) is 16.9 Å². The molecule has 1 amide bonds. The molecule has 1 aliphatic carbocycles. The second-order valence-electron chi connectivity index (χ2n) is 10.5. The highest BCUT2D eigenvalue weighted by Crippen LogP contribution is 2.33. The van der Waals surface area contributed by atoms with E-state index >= 15 is 0 Å². The van der Waals surface area contributed by atoms with E-state index in [9.17, 15) is 26.4 Å². The fourth-order valence-corrected chi connectivity index (χ4v) is 7.14. The highest BCUT2D eigenvalue weighted by atomic mass is 32.2. The van der Waals surface area contributed by atoms with Gasteiger partial charge in [-0.15, -0.1) is 0 Å². The molecule has 4 heterocycles. The van der Waals surface area contributed by atoms with Gasteiger partial charge in [0.15, 0.2) is 0 Å². The van der Waals surface area contributed by atoms with Crippen LogP contribution < -0.4 is 9.62 Å². The molecule has 0 unspecified atom stereocenters. The number of piperidine rings is 1. The van der Waals surface area contributed by atoms with Gasteiger partial charge < -0.3 is 14.6 Å². The summed E-state index contributed by atoms with van der Waals surface area (Å²) in [5.74, 6) is 0.792. The molecule has 2 aliphatic heterocycles. The van der Waals surface area contributed by atoms with Crippen LogP contribution in [0.4, 0.5) is 19.0 Å². The molecule has 40 heavy (non-hydrogen) atoms. The fraction of sp³-hybridized carbons (Fsp3) is 0.500. The van der Waals surface area contributed by atoms with Gasteiger partial charge in [0.05, 0.1) is 35.3 Å². The number of aromatic amines is 1. The first-order chi connectivity index (χ1) is 19.0. The van der Waals surface area contributed by atoms with Crippen LogP contribution in [0.2, 0.25) is 0 Å². The standard InChI is InChI=1S/C26H29F3N6O4S/c27-26(28,29)17-2-7-21-22(13-17)32-25(31-21)16-1-8-23(30-14-16)34-11-9-20(10-12-34)39-19-5-3-18(4-6-19)35-15-24(36)33-40(35,37)38/h1-2,7-8,13-14,18-20H,3-6,9-12,15H2,(H,31,32)(H,33,36). The lowest BCUT2D eigenvalue weighted by molar-refractivity contribution is -0.137. The SMILES string of the molecule is O=C1CN(C2CCC(OC3CCN(c4ccc(-c5nc6ccc(C(F)(F)F)cc6[nH]5)cn4)CC3)CC2)S(=O)(=O)N1. The maximum Gasteiger partial charge on any atom is 0.416 e. The zero-order valence-electron chi connectivity index (χ0n) is 21.5. The summed E-state index contributed by atoms with van der Waals surface area (Å²) in [6, 6.07) is 7.01.